The number of carbonyl (C=O) groups excluding carboxylic acids is 2. The normalized spacial score (nSPS) is 17.1. The van der Waals surface area contributed by atoms with Crippen LogP contribution < -0.4 is 4.90 Å². The SMILES string of the molecule is COC(=O)/C=C1/c2cc(C)ccc2N(C(=O)c2ccccc2C(F)(F)F)CCC1(F)F. The summed E-state index contributed by atoms with van der Waals surface area (Å²) in [5.74, 6) is -5.59. The maximum atomic E-state index is 14.9. The summed E-state index contributed by atoms with van der Waals surface area (Å²) in [4.78, 5) is 25.8. The number of amides is 1. The van der Waals surface area contributed by atoms with Gasteiger partial charge >= 0.3 is 12.1 Å². The Kier molecular flexibility index (Phi) is 5.89. The lowest BCUT2D eigenvalue weighted by atomic mass is 9.95. The van der Waals surface area contributed by atoms with Gasteiger partial charge < -0.3 is 9.64 Å². The molecule has 0 radical (unpaired) electrons. The number of methoxy groups -OCH3 is 1. The average molecular weight is 439 g/mol. The molecule has 0 aliphatic carbocycles. The summed E-state index contributed by atoms with van der Waals surface area (Å²) in [5, 5.41) is 0. The number of hydrogen-bond donors (Lipinski definition) is 0. The third-order valence-corrected chi connectivity index (χ3v) is 4.95. The first kappa shape index (κ1) is 22.5. The van der Waals surface area contributed by atoms with E-state index in [2.05, 4.69) is 4.74 Å². The van der Waals surface area contributed by atoms with E-state index < -0.39 is 53.6 Å². The highest BCUT2D eigenvalue weighted by Crippen LogP contribution is 2.44. The molecule has 164 valence electrons. The second-order valence-corrected chi connectivity index (χ2v) is 7.06. The van der Waals surface area contributed by atoms with E-state index in [0.717, 1.165) is 30.2 Å². The van der Waals surface area contributed by atoms with Gasteiger partial charge in [-0.05, 0) is 31.2 Å². The van der Waals surface area contributed by atoms with Crippen LogP contribution in [0.5, 0.6) is 0 Å². The van der Waals surface area contributed by atoms with Gasteiger partial charge in [-0.25, -0.2) is 13.6 Å². The predicted molar refractivity (Wildman–Crippen MR) is 104 cm³/mol. The zero-order valence-corrected chi connectivity index (χ0v) is 16.6. The Hall–Kier alpha value is -3.23. The maximum Gasteiger partial charge on any atom is 0.417 e. The quantitative estimate of drug-likeness (QED) is 0.365. The second-order valence-electron chi connectivity index (χ2n) is 7.06. The molecule has 0 saturated carbocycles. The minimum Gasteiger partial charge on any atom is -0.466 e. The van der Waals surface area contributed by atoms with E-state index >= 15 is 0 Å². The van der Waals surface area contributed by atoms with Crippen molar-refractivity contribution in [1.29, 1.82) is 0 Å². The summed E-state index contributed by atoms with van der Waals surface area (Å²) in [7, 11) is 1.04. The standard InChI is InChI=1S/C22H18F5NO3/c1-13-7-8-18-15(11-13)17(12-19(29)31-2)21(23,24)9-10-28(18)20(30)14-5-3-4-6-16(14)22(25,26)27/h3-8,11-12H,9-10H2,1-2H3/b17-12-. The number of alkyl halides is 5. The molecule has 9 heteroatoms. The number of hydrogen-bond acceptors (Lipinski definition) is 3. The van der Waals surface area contributed by atoms with Crippen molar-refractivity contribution < 1.29 is 36.3 Å². The summed E-state index contributed by atoms with van der Waals surface area (Å²) in [6.07, 6.45) is -5.03. The van der Waals surface area contributed by atoms with Gasteiger partial charge in [0, 0.05) is 30.2 Å². The predicted octanol–water partition coefficient (Wildman–Crippen LogP) is 5.26. The van der Waals surface area contributed by atoms with Crippen LogP contribution in [0, 0.1) is 6.92 Å². The molecule has 0 fully saturated rings. The molecule has 0 spiro atoms. The monoisotopic (exact) mass is 439 g/mol. The number of nitrogens with zero attached hydrogens (tertiary/aromatic N) is 1. The number of rotatable bonds is 2. The average Bonchev–Trinajstić information content (AvgIpc) is 2.81. The Morgan fingerprint density at radius 2 is 1.81 bits per heavy atom. The largest absolute Gasteiger partial charge is 0.466 e. The highest BCUT2D eigenvalue weighted by molar-refractivity contribution is 6.09. The van der Waals surface area contributed by atoms with Crippen LogP contribution in [0.2, 0.25) is 0 Å². The lowest BCUT2D eigenvalue weighted by molar-refractivity contribution is -0.138. The van der Waals surface area contributed by atoms with Gasteiger partial charge in [-0.1, -0.05) is 23.8 Å². The number of allylic oxidation sites excluding steroid dienone is 1. The molecule has 1 aliphatic heterocycles. The molecule has 2 aromatic carbocycles. The summed E-state index contributed by atoms with van der Waals surface area (Å²) in [6, 6.07) is 8.47. The smallest absolute Gasteiger partial charge is 0.417 e. The van der Waals surface area contributed by atoms with E-state index in [4.69, 9.17) is 0 Å². The summed E-state index contributed by atoms with van der Waals surface area (Å²) < 4.78 is 74.6. The van der Waals surface area contributed by atoms with Crippen LogP contribution in [-0.2, 0) is 15.7 Å². The van der Waals surface area contributed by atoms with Crippen LogP contribution in [0.25, 0.3) is 5.57 Å². The Morgan fingerprint density at radius 1 is 1.13 bits per heavy atom. The van der Waals surface area contributed by atoms with Crippen molar-refractivity contribution in [1.82, 2.24) is 0 Å². The Morgan fingerprint density at radius 3 is 2.45 bits per heavy atom. The fourth-order valence-corrected chi connectivity index (χ4v) is 3.44. The molecule has 1 amide bonds. The third-order valence-electron chi connectivity index (χ3n) is 4.95. The van der Waals surface area contributed by atoms with Crippen molar-refractivity contribution in [3.05, 3.63) is 70.8 Å². The van der Waals surface area contributed by atoms with E-state index in [-0.39, 0.29) is 11.3 Å². The van der Waals surface area contributed by atoms with Crippen LogP contribution in [0.1, 0.15) is 33.5 Å². The fourth-order valence-electron chi connectivity index (χ4n) is 3.44. The van der Waals surface area contributed by atoms with Crippen molar-refractivity contribution in [3.63, 3.8) is 0 Å². The molecule has 0 unspecified atom stereocenters. The summed E-state index contributed by atoms with van der Waals surface area (Å²) in [6.45, 7) is 1.08. The lowest BCUT2D eigenvalue weighted by Crippen LogP contribution is -2.34. The van der Waals surface area contributed by atoms with Crippen molar-refractivity contribution in [2.75, 3.05) is 18.6 Å². The topological polar surface area (TPSA) is 46.6 Å². The highest BCUT2D eigenvalue weighted by Gasteiger charge is 2.43. The van der Waals surface area contributed by atoms with E-state index in [1.807, 2.05) is 0 Å². The van der Waals surface area contributed by atoms with Crippen LogP contribution in [0.3, 0.4) is 0 Å². The molecule has 3 rings (SSSR count). The minimum atomic E-state index is -4.80. The zero-order valence-electron chi connectivity index (χ0n) is 16.6. The Labute approximate surface area is 174 Å². The van der Waals surface area contributed by atoms with E-state index in [0.29, 0.717) is 11.6 Å². The van der Waals surface area contributed by atoms with Gasteiger partial charge in [0.25, 0.3) is 11.8 Å². The molecule has 2 aromatic rings. The number of halogens is 5. The zero-order chi connectivity index (χ0) is 23.0. The van der Waals surface area contributed by atoms with Crippen LogP contribution >= 0.6 is 0 Å². The van der Waals surface area contributed by atoms with Crippen molar-refractivity contribution >= 4 is 23.1 Å². The van der Waals surface area contributed by atoms with Gasteiger partial charge in [0.1, 0.15) is 0 Å². The van der Waals surface area contributed by atoms with Crippen LogP contribution in [0.4, 0.5) is 27.6 Å². The second kappa shape index (κ2) is 8.13. The van der Waals surface area contributed by atoms with Crippen molar-refractivity contribution in [2.45, 2.75) is 25.4 Å². The number of carbonyl (C=O) groups is 2. The van der Waals surface area contributed by atoms with E-state index in [1.54, 1.807) is 13.0 Å². The van der Waals surface area contributed by atoms with Crippen molar-refractivity contribution in [2.24, 2.45) is 0 Å². The molecule has 0 aromatic heterocycles. The first-order valence-electron chi connectivity index (χ1n) is 9.23. The molecule has 31 heavy (non-hydrogen) atoms. The van der Waals surface area contributed by atoms with Crippen LogP contribution in [-0.4, -0.2) is 31.5 Å². The molecule has 1 heterocycles. The number of benzene rings is 2. The molecule has 1 aliphatic rings. The fraction of sp³-hybridized carbons (Fsp3) is 0.273. The molecular weight excluding hydrogens is 421 g/mol. The van der Waals surface area contributed by atoms with Gasteiger partial charge in [0.15, 0.2) is 0 Å². The van der Waals surface area contributed by atoms with Gasteiger partial charge in [0.05, 0.1) is 23.9 Å². The van der Waals surface area contributed by atoms with Gasteiger partial charge in [-0.15, -0.1) is 0 Å². The van der Waals surface area contributed by atoms with E-state index in [1.165, 1.54) is 18.2 Å². The Balaban J connectivity index is 2.21. The maximum absolute atomic E-state index is 14.9. The summed E-state index contributed by atoms with van der Waals surface area (Å²) in [5.41, 5.74) is -2.03. The molecule has 0 saturated heterocycles. The first-order valence-corrected chi connectivity index (χ1v) is 9.23. The molecule has 0 N–H and O–H groups in total. The molecule has 0 bridgehead atoms. The number of esters is 1. The molecule has 4 nitrogen and oxygen atoms in total. The summed E-state index contributed by atoms with van der Waals surface area (Å²) >= 11 is 0. The van der Waals surface area contributed by atoms with Gasteiger partial charge in [0.2, 0.25) is 0 Å². The third kappa shape index (κ3) is 4.45. The van der Waals surface area contributed by atoms with Crippen LogP contribution in [0.15, 0.2) is 48.5 Å². The number of ether oxygens (including phenoxy) is 1. The van der Waals surface area contributed by atoms with Gasteiger partial charge in [-0.2, -0.15) is 13.2 Å². The Bertz CT molecular complexity index is 1060. The minimum absolute atomic E-state index is 0.0140. The van der Waals surface area contributed by atoms with Crippen molar-refractivity contribution in [3.8, 4) is 0 Å². The van der Waals surface area contributed by atoms with Gasteiger partial charge in [-0.3, -0.25) is 4.79 Å². The lowest BCUT2D eigenvalue weighted by Gasteiger charge is -2.24. The number of fused-ring (bicyclic) bond motifs is 1. The number of aryl methyl sites for hydroxylation is 1. The molecule has 0 atom stereocenters. The highest BCUT2D eigenvalue weighted by atomic mass is 19.4. The molecular formula is C22H18F5NO3. The first-order chi connectivity index (χ1) is 14.5. The number of anilines is 1. The van der Waals surface area contributed by atoms with E-state index in [9.17, 15) is 31.5 Å².